The van der Waals surface area contributed by atoms with Crippen LogP contribution >= 0.6 is 11.6 Å². The Labute approximate surface area is 166 Å². The molecule has 4 aromatic rings. The molecule has 1 heterocycles. The fraction of sp³-hybridized carbons (Fsp3) is 0.0909. The van der Waals surface area contributed by atoms with Crippen LogP contribution < -0.4 is 10.1 Å². The number of rotatable bonds is 4. The van der Waals surface area contributed by atoms with Gasteiger partial charge in [-0.15, -0.1) is 0 Å². The lowest BCUT2D eigenvalue weighted by Crippen LogP contribution is -2.12. The smallest absolute Gasteiger partial charge is 0.255 e. The maximum Gasteiger partial charge on any atom is 0.255 e. The third-order valence-corrected chi connectivity index (χ3v) is 4.69. The van der Waals surface area contributed by atoms with Crippen molar-refractivity contribution in [3.05, 3.63) is 76.8 Å². The summed E-state index contributed by atoms with van der Waals surface area (Å²) in [6.07, 6.45) is 0. The fourth-order valence-electron chi connectivity index (χ4n) is 2.85. The second-order valence-corrected chi connectivity index (χ2v) is 6.77. The van der Waals surface area contributed by atoms with Crippen molar-refractivity contribution in [3.8, 4) is 17.2 Å². The molecular formula is C22H17ClN2O3. The Morgan fingerprint density at radius 1 is 1.07 bits per heavy atom. The third-order valence-electron chi connectivity index (χ3n) is 4.36. The Morgan fingerprint density at radius 3 is 2.61 bits per heavy atom. The number of carbonyl (C=O) groups excluding carboxylic acids is 1. The molecule has 6 heteroatoms. The lowest BCUT2D eigenvalue weighted by atomic mass is 10.1. The number of aryl methyl sites for hydroxylation is 1. The van der Waals surface area contributed by atoms with Gasteiger partial charge in [-0.25, -0.2) is 4.98 Å². The van der Waals surface area contributed by atoms with E-state index in [1.165, 1.54) is 0 Å². The number of hydrogen-bond acceptors (Lipinski definition) is 4. The third kappa shape index (κ3) is 3.57. The Kier molecular flexibility index (Phi) is 4.75. The monoisotopic (exact) mass is 392 g/mol. The van der Waals surface area contributed by atoms with E-state index in [0.717, 1.165) is 16.6 Å². The topological polar surface area (TPSA) is 64.4 Å². The average molecular weight is 393 g/mol. The number of nitrogens with zero attached hydrogens (tertiary/aromatic N) is 1. The van der Waals surface area contributed by atoms with Crippen LogP contribution in [0, 0.1) is 6.92 Å². The number of halogens is 1. The number of carbonyl (C=O) groups is 1. The lowest BCUT2D eigenvalue weighted by Gasteiger charge is -2.09. The first-order valence-electron chi connectivity index (χ1n) is 8.66. The van der Waals surface area contributed by atoms with E-state index in [1.54, 1.807) is 43.5 Å². The van der Waals surface area contributed by atoms with Gasteiger partial charge in [0.05, 0.1) is 17.8 Å². The largest absolute Gasteiger partial charge is 0.497 e. The van der Waals surface area contributed by atoms with Gasteiger partial charge >= 0.3 is 0 Å². The Bertz CT molecular complexity index is 1170. The highest BCUT2D eigenvalue weighted by Gasteiger charge is 2.13. The number of nitrogens with one attached hydrogen (secondary N) is 1. The van der Waals surface area contributed by atoms with Gasteiger partial charge in [0.15, 0.2) is 5.58 Å². The maximum atomic E-state index is 12.5. The summed E-state index contributed by atoms with van der Waals surface area (Å²) in [6, 6.07) is 17.9. The van der Waals surface area contributed by atoms with Crippen molar-refractivity contribution >= 4 is 34.3 Å². The van der Waals surface area contributed by atoms with Gasteiger partial charge in [-0.2, -0.15) is 0 Å². The van der Waals surface area contributed by atoms with Gasteiger partial charge in [0.25, 0.3) is 5.91 Å². The first-order chi connectivity index (χ1) is 13.5. The molecule has 5 nitrogen and oxygen atoms in total. The van der Waals surface area contributed by atoms with Gasteiger partial charge in [-0.3, -0.25) is 4.79 Å². The van der Waals surface area contributed by atoms with Gasteiger partial charge in [-0.05, 0) is 67.1 Å². The second-order valence-electron chi connectivity index (χ2n) is 6.37. The average Bonchev–Trinajstić information content (AvgIpc) is 3.12. The van der Waals surface area contributed by atoms with Crippen molar-refractivity contribution in [2.75, 3.05) is 12.4 Å². The fourth-order valence-corrected chi connectivity index (χ4v) is 3.02. The predicted molar refractivity (Wildman–Crippen MR) is 110 cm³/mol. The first kappa shape index (κ1) is 18.1. The van der Waals surface area contributed by atoms with Crippen molar-refractivity contribution in [1.82, 2.24) is 4.98 Å². The molecule has 1 amide bonds. The molecule has 1 N–H and O–H groups in total. The molecule has 0 aliphatic rings. The summed E-state index contributed by atoms with van der Waals surface area (Å²) < 4.78 is 11.0. The van der Waals surface area contributed by atoms with E-state index >= 15 is 0 Å². The number of methoxy groups -OCH3 is 1. The minimum Gasteiger partial charge on any atom is -0.497 e. The number of fused-ring (bicyclic) bond motifs is 1. The van der Waals surface area contributed by atoms with Crippen LogP contribution in [-0.4, -0.2) is 18.0 Å². The molecule has 0 fully saturated rings. The van der Waals surface area contributed by atoms with Gasteiger partial charge < -0.3 is 14.5 Å². The van der Waals surface area contributed by atoms with Crippen molar-refractivity contribution in [2.45, 2.75) is 6.92 Å². The molecule has 4 rings (SSSR count). The summed E-state index contributed by atoms with van der Waals surface area (Å²) in [7, 11) is 1.58. The van der Waals surface area contributed by atoms with Gasteiger partial charge in [0.1, 0.15) is 11.3 Å². The minimum absolute atomic E-state index is 0.269. The normalized spacial score (nSPS) is 10.8. The molecule has 0 aliphatic carbocycles. The molecule has 0 saturated carbocycles. The van der Waals surface area contributed by atoms with Gasteiger partial charge in [0, 0.05) is 11.1 Å². The van der Waals surface area contributed by atoms with E-state index in [9.17, 15) is 4.79 Å². The van der Waals surface area contributed by atoms with Gasteiger partial charge in [-0.1, -0.05) is 17.7 Å². The summed E-state index contributed by atoms with van der Waals surface area (Å²) in [5, 5.41) is 3.26. The molecule has 0 aliphatic heterocycles. The second kappa shape index (κ2) is 7.37. The van der Waals surface area contributed by atoms with Crippen LogP contribution in [0.1, 0.15) is 15.9 Å². The zero-order valence-corrected chi connectivity index (χ0v) is 16.1. The molecule has 0 unspecified atom stereocenters. The Balaban J connectivity index is 1.63. The van der Waals surface area contributed by atoms with E-state index in [4.69, 9.17) is 20.8 Å². The molecule has 0 saturated heterocycles. The molecule has 140 valence electrons. The van der Waals surface area contributed by atoms with Crippen LogP contribution in [0.2, 0.25) is 5.02 Å². The van der Waals surface area contributed by atoms with E-state index in [0.29, 0.717) is 33.5 Å². The number of oxazole rings is 1. The Morgan fingerprint density at radius 2 is 1.86 bits per heavy atom. The molecule has 1 aromatic heterocycles. The molecular weight excluding hydrogens is 376 g/mol. The minimum atomic E-state index is -0.269. The zero-order valence-electron chi connectivity index (χ0n) is 15.3. The number of amides is 1. The van der Waals surface area contributed by atoms with Gasteiger partial charge in [0.2, 0.25) is 5.89 Å². The number of anilines is 1. The summed E-state index contributed by atoms with van der Waals surface area (Å²) >= 11 is 6.28. The molecule has 0 spiro atoms. The molecule has 0 radical (unpaired) electrons. The SMILES string of the molecule is COc1ccc(C(=O)Nc2cc(-c3nc4cc(C)ccc4o3)ccc2Cl)cc1. The maximum absolute atomic E-state index is 12.5. The van der Waals surface area contributed by atoms with E-state index in [-0.39, 0.29) is 5.91 Å². The number of aromatic nitrogens is 1. The van der Waals surface area contributed by atoms with Crippen LogP contribution in [0.4, 0.5) is 5.69 Å². The van der Waals surface area contributed by atoms with Crippen molar-refractivity contribution < 1.29 is 13.9 Å². The van der Waals surface area contributed by atoms with Crippen molar-refractivity contribution in [1.29, 1.82) is 0 Å². The number of hydrogen-bond donors (Lipinski definition) is 1. The summed E-state index contributed by atoms with van der Waals surface area (Å²) in [5.41, 5.74) is 4.31. The van der Waals surface area contributed by atoms with Crippen molar-refractivity contribution in [2.24, 2.45) is 0 Å². The van der Waals surface area contributed by atoms with Crippen LogP contribution in [-0.2, 0) is 0 Å². The lowest BCUT2D eigenvalue weighted by molar-refractivity contribution is 0.102. The quantitative estimate of drug-likeness (QED) is 0.482. The summed E-state index contributed by atoms with van der Waals surface area (Å²) in [6.45, 7) is 2.00. The highest BCUT2D eigenvalue weighted by atomic mass is 35.5. The van der Waals surface area contributed by atoms with Crippen LogP contribution in [0.25, 0.3) is 22.6 Å². The first-order valence-corrected chi connectivity index (χ1v) is 9.04. The van der Waals surface area contributed by atoms with E-state index in [1.807, 2.05) is 31.2 Å². The number of benzene rings is 3. The molecule has 0 bridgehead atoms. The predicted octanol–water partition coefficient (Wildman–Crippen LogP) is 5.72. The highest BCUT2D eigenvalue weighted by molar-refractivity contribution is 6.34. The Hall–Kier alpha value is -3.31. The molecule has 3 aromatic carbocycles. The standard InChI is InChI=1S/C22H17ClN2O3/c1-13-3-10-20-19(11-13)25-22(28-20)15-6-9-17(23)18(12-15)24-21(26)14-4-7-16(27-2)8-5-14/h3-12H,1-2H3,(H,24,26). The van der Waals surface area contributed by atoms with E-state index in [2.05, 4.69) is 10.3 Å². The molecule has 0 atom stereocenters. The van der Waals surface area contributed by atoms with Crippen LogP contribution in [0.15, 0.2) is 65.1 Å². The van der Waals surface area contributed by atoms with Crippen LogP contribution in [0.3, 0.4) is 0 Å². The zero-order chi connectivity index (χ0) is 19.7. The summed E-state index contributed by atoms with van der Waals surface area (Å²) in [5.74, 6) is 0.884. The van der Waals surface area contributed by atoms with Crippen molar-refractivity contribution in [3.63, 3.8) is 0 Å². The molecule has 28 heavy (non-hydrogen) atoms. The van der Waals surface area contributed by atoms with E-state index < -0.39 is 0 Å². The summed E-state index contributed by atoms with van der Waals surface area (Å²) in [4.78, 5) is 17.1. The highest BCUT2D eigenvalue weighted by Crippen LogP contribution is 2.31. The van der Waals surface area contributed by atoms with Crippen LogP contribution in [0.5, 0.6) is 5.75 Å². The number of ether oxygens (including phenoxy) is 1.